The van der Waals surface area contributed by atoms with Gasteiger partial charge in [0.05, 0.1) is 28.5 Å². The zero-order valence-electron chi connectivity index (χ0n) is 22.3. The number of rotatable bonds is 7. The third kappa shape index (κ3) is 5.02. The van der Waals surface area contributed by atoms with Crippen LogP contribution in [0.4, 0.5) is 4.39 Å². The SMILES string of the molecule is CCOC(=O)C1=C(C)N=c2s/c(=C\c3ccccc3OCc3ccccc3F)c(=O)n2[C@@H]1c1ccc2c(c1)OCO2. The maximum Gasteiger partial charge on any atom is 0.338 e. The molecule has 0 unspecified atom stereocenters. The van der Waals surface area contributed by atoms with Gasteiger partial charge in [0.15, 0.2) is 16.3 Å². The van der Waals surface area contributed by atoms with E-state index in [1.807, 2.05) is 18.2 Å². The van der Waals surface area contributed by atoms with Crippen molar-refractivity contribution >= 4 is 23.4 Å². The smallest absolute Gasteiger partial charge is 0.338 e. The average molecular weight is 573 g/mol. The van der Waals surface area contributed by atoms with Crippen molar-refractivity contribution in [1.29, 1.82) is 0 Å². The monoisotopic (exact) mass is 572 g/mol. The van der Waals surface area contributed by atoms with Gasteiger partial charge in [0, 0.05) is 11.1 Å². The van der Waals surface area contributed by atoms with E-state index in [9.17, 15) is 14.0 Å². The fourth-order valence-corrected chi connectivity index (χ4v) is 5.87. The van der Waals surface area contributed by atoms with E-state index >= 15 is 0 Å². The third-order valence-corrected chi connectivity index (χ3v) is 7.76. The largest absolute Gasteiger partial charge is 0.488 e. The normalized spacial score (nSPS) is 15.9. The van der Waals surface area contributed by atoms with Crippen LogP contribution in [0.1, 0.15) is 36.6 Å². The predicted molar refractivity (Wildman–Crippen MR) is 150 cm³/mol. The Labute approximate surface area is 238 Å². The van der Waals surface area contributed by atoms with Crippen LogP contribution >= 0.6 is 11.3 Å². The molecule has 1 aromatic heterocycles. The number of aromatic nitrogens is 1. The van der Waals surface area contributed by atoms with Gasteiger partial charge in [0.25, 0.3) is 5.56 Å². The molecule has 41 heavy (non-hydrogen) atoms. The van der Waals surface area contributed by atoms with Gasteiger partial charge in [-0.15, -0.1) is 0 Å². The molecule has 208 valence electrons. The number of ether oxygens (including phenoxy) is 4. The van der Waals surface area contributed by atoms with Crippen LogP contribution in [0.15, 0.2) is 87.8 Å². The van der Waals surface area contributed by atoms with Crippen molar-refractivity contribution in [2.45, 2.75) is 26.5 Å². The fraction of sp³-hybridized carbons (Fsp3) is 0.194. The van der Waals surface area contributed by atoms with Gasteiger partial charge in [-0.25, -0.2) is 14.2 Å². The molecule has 8 nitrogen and oxygen atoms in total. The highest BCUT2D eigenvalue weighted by atomic mass is 32.1. The Morgan fingerprint density at radius 1 is 1.12 bits per heavy atom. The lowest BCUT2D eigenvalue weighted by molar-refractivity contribution is -0.139. The van der Waals surface area contributed by atoms with Crippen molar-refractivity contribution in [3.8, 4) is 17.2 Å². The highest BCUT2D eigenvalue weighted by molar-refractivity contribution is 7.07. The van der Waals surface area contributed by atoms with E-state index in [1.54, 1.807) is 62.4 Å². The molecule has 0 aliphatic carbocycles. The van der Waals surface area contributed by atoms with E-state index in [4.69, 9.17) is 18.9 Å². The summed E-state index contributed by atoms with van der Waals surface area (Å²) in [6.45, 7) is 3.77. The minimum Gasteiger partial charge on any atom is -0.488 e. The molecule has 0 saturated carbocycles. The number of fused-ring (bicyclic) bond motifs is 2. The summed E-state index contributed by atoms with van der Waals surface area (Å²) in [6, 6.07) is 18.2. The summed E-state index contributed by atoms with van der Waals surface area (Å²) in [5.41, 5.74) is 2.15. The summed E-state index contributed by atoms with van der Waals surface area (Å²) < 4.78 is 38.4. The van der Waals surface area contributed by atoms with Crippen molar-refractivity contribution in [2.75, 3.05) is 13.4 Å². The second-order valence-corrected chi connectivity index (χ2v) is 10.3. The first-order chi connectivity index (χ1) is 19.9. The lowest BCUT2D eigenvalue weighted by atomic mass is 9.95. The number of hydrogen-bond donors (Lipinski definition) is 0. The van der Waals surface area contributed by atoms with Crippen molar-refractivity contribution < 1.29 is 28.1 Å². The number of benzene rings is 3. The number of esters is 1. The molecular weight excluding hydrogens is 547 g/mol. The highest BCUT2D eigenvalue weighted by Gasteiger charge is 2.34. The molecule has 0 fully saturated rings. The molecule has 0 spiro atoms. The van der Waals surface area contributed by atoms with Crippen molar-refractivity contribution in [2.24, 2.45) is 4.99 Å². The number of hydrogen-bond acceptors (Lipinski definition) is 8. The zero-order valence-corrected chi connectivity index (χ0v) is 23.1. The van der Waals surface area contributed by atoms with Crippen LogP contribution in [0, 0.1) is 5.82 Å². The number of thiazole rings is 1. The van der Waals surface area contributed by atoms with Crippen molar-refractivity contribution in [1.82, 2.24) is 4.57 Å². The van der Waals surface area contributed by atoms with E-state index in [0.717, 1.165) is 0 Å². The van der Waals surface area contributed by atoms with E-state index in [1.165, 1.54) is 22.0 Å². The van der Waals surface area contributed by atoms with Crippen LogP contribution in [0.5, 0.6) is 17.2 Å². The Morgan fingerprint density at radius 3 is 2.73 bits per heavy atom. The molecule has 4 aromatic rings. The van der Waals surface area contributed by atoms with Gasteiger partial charge >= 0.3 is 5.97 Å². The van der Waals surface area contributed by atoms with Gasteiger partial charge < -0.3 is 18.9 Å². The van der Waals surface area contributed by atoms with Gasteiger partial charge in [0.2, 0.25) is 6.79 Å². The maximum atomic E-state index is 14.1. The van der Waals surface area contributed by atoms with Gasteiger partial charge in [-0.05, 0) is 49.8 Å². The number of halogens is 1. The van der Waals surface area contributed by atoms with Crippen LogP contribution in [0.25, 0.3) is 6.08 Å². The number of carbonyl (C=O) groups excluding carboxylic acids is 1. The summed E-state index contributed by atoms with van der Waals surface area (Å²) in [5, 5.41) is 0. The first-order valence-electron chi connectivity index (χ1n) is 13.0. The van der Waals surface area contributed by atoms with Crippen LogP contribution in [-0.2, 0) is 16.1 Å². The molecule has 0 N–H and O–H groups in total. The number of para-hydroxylation sites is 1. The minimum absolute atomic E-state index is 0.0327. The van der Waals surface area contributed by atoms with Crippen molar-refractivity contribution in [3.63, 3.8) is 0 Å². The first-order valence-corrected chi connectivity index (χ1v) is 13.8. The molecule has 0 amide bonds. The molecule has 3 heterocycles. The summed E-state index contributed by atoms with van der Waals surface area (Å²) in [6.07, 6.45) is 1.72. The maximum absolute atomic E-state index is 14.1. The molecular formula is C31H25FN2O6S. The molecule has 1 atom stereocenters. The Bertz CT molecular complexity index is 1880. The predicted octanol–water partition coefficient (Wildman–Crippen LogP) is 4.25. The quantitative estimate of drug-likeness (QED) is 0.308. The standard InChI is InChI=1S/C31H25FN2O6S/c1-3-37-30(36)27-18(2)33-31-34(28(27)20-12-13-24-25(14-20)40-17-39-24)29(35)26(41-31)15-19-8-5-7-11-23(19)38-16-21-9-4-6-10-22(21)32/h4-15,28H,3,16-17H2,1-2H3/b26-15-/t28-/m1/s1. The van der Waals surface area contributed by atoms with Crippen LogP contribution < -0.4 is 29.1 Å². The van der Waals surface area contributed by atoms with Crippen LogP contribution in [0.2, 0.25) is 0 Å². The number of carbonyl (C=O) groups is 1. The minimum atomic E-state index is -0.783. The first kappa shape index (κ1) is 26.5. The topological polar surface area (TPSA) is 88.4 Å². The molecule has 3 aromatic carbocycles. The Balaban J connectivity index is 1.45. The lowest BCUT2D eigenvalue weighted by Crippen LogP contribution is -2.39. The highest BCUT2D eigenvalue weighted by Crippen LogP contribution is 2.38. The number of nitrogens with zero attached hydrogens (tertiary/aromatic N) is 2. The van der Waals surface area contributed by atoms with Gasteiger partial charge in [-0.3, -0.25) is 9.36 Å². The molecule has 10 heteroatoms. The van der Waals surface area contributed by atoms with E-state index in [-0.39, 0.29) is 37.0 Å². The van der Waals surface area contributed by atoms with Gasteiger partial charge in [-0.2, -0.15) is 0 Å². The Hall–Kier alpha value is -4.70. The zero-order chi connectivity index (χ0) is 28.5. The van der Waals surface area contributed by atoms with Crippen LogP contribution in [0.3, 0.4) is 0 Å². The second-order valence-electron chi connectivity index (χ2n) is 9.33. The van der Waals surface area contributed by atoms with Gasteiger partial charge in [-0.1, -0.05) is 53.8 Å². The summed E-state index contributed by atoms with van der Waals surface area (Å²) in [4.78, 5) is 32.2. The second kappa shape index (κ2) is 11.1. The molecule has 0 radical (unpaired) electrons. The summed E-state index contributed by atoms with van der Waals surface area (Å²) >= 11 is 1.21. The molecule has 0 saturated heterocycles. The van der Waals surface area contributed by atoms with Crippen LogP contribution in [-0.4, -0.2) is 23.9 Å². The van der Waals surface area contributed by atoms with E-state index < -0.39 is 12.0 Å². The fourth-order valence-electron chi connectivity index (χ4n) is 4.83. The molecule has 0 bridgehead atoms. The van der Waals surface area contributed by atoms with Gasteiger partial charge in [0.1, 0.15) is 18.2 Å². The van der Waals surface area contributed by atoms with E-state index in [2.05, 4.69) is 4.99 Å². The summed E-state index contributed by atoms with van der Waals surface area (Å²) in [7, 11) is 0. The molecule has 2 aliphatic rings. The number of allylic oxidation sites excluding steroid dienone is 1. The van der Waals surface area contributed by atoms with E-state index in [0.29, 0.717) is 49.0 Å². The lowest BCUT2D eigenvalue weighted by Gasteiger charge is -2.24. The summed E-state index contributed by atoms with van der Waals surface area (Å²) in [5.74, 6) is 0.722. The molecule has 2 aliphatic heterocycles. The average Bonchev–Trinajstić information content (AvgIpc) is 3.56. The Morgan fingerprint density at radius 2 is 1.90 bits per heavy atom. The molecule has 6 rings (SSSR count). The van der Waals surface area contributed by atoms with Crippen molar-refractivity contribution in [3.05, 3.63) is 120 Å². The Kier molecular flexibility index (Phi) is 7.15. The third-order valence-electron chi connectivity index (χ3n) is 6.78.